The normalized spacial score (nSPS) is 11.4. The molecule has 0 aliphatic carbocycles. The van der Waals surface area contributed by atoms with Crippen LogP contribution in [0.3, 0.4) is 0 Å². The van der Waals surface area contributed by atoms with Gasteiger partial charge in [0.1, 0.15) is 17.9 Å². The summed E-state index contributed by atoms with van der Waals surface area (Å²) in [4.78, 5) is 4.46. The van der Waals surface area contributed by atoms with Crippen molar-refractivity contribution in [1.29, 1.82) is 0 Å². The monoisotopic (exact) mass is 346 g/mol. The first-order chi connectivity index (χ1) is 12.7. The first-order valence-corrected chi connectivity index (χ1v) is 7.84. The Bertz CT molecular complexity index is 1260. The highest BCUT2D eigenvalue weighted by Gasteiger charge is 2.16. The molecular weight excluding hydrogens is 335 g/mol. The van der Waals surface area contributed by atoms with Gasteiger partial charge in [-0.3, -0.25) is 4.40 Å². The molecular formula is C18H11FN6O. The van der Waals surface area contributed by atoms with Crippen molar-refractivity contribution in [3.63, 3.8) is 0 Å². The van der Waals surface area contributed by atoms with Gasteiger partial charge in [0.05, 0.1) is 22.8 Å². The van der Waals surface area contributed by atoms with Crippen molar-refractivity contribution in [2.75, 3.05) is 0 Å². The summed E-state index contributed by atoms with van der Waals surface area (Å²) in [6, 6.07) is 12.9. The fourth-order valence-electron chi connectivity index (χ4n) is 2.94. The second-order valence-electron chi connectivity index (χ2n) is 5.75. The van der Waals surface area contributed by atoms with Crippen LogP contribution in [-0.2, 0) is 0 Å². The summed E-state index contributed by atoms with van der Waals surface area (Å²) >= 11 is 0. The molecule has 0 radical (unpaired) electrons. The van der Waals surface area contributed by atoms with Crippen molar-refractivity contribution in [2.24, 2.45) is 0 Å². The molecule has 2 aromatic carbocycles. The summed E-state index contributed by atoms with van der Waals surface area (Å²) in [5.74, 6) is 0.288. The first kappa shape index (κ1) is 14.5. The van der Waals surface area contributed by atoms with E-state index in [-0.39, 0.29) is 11.6 Å². The zero-order valence-electron chi connectivity index (χ0n) is 13.3. The quantitative estimate of drug-likeness (QED) is 0.531. The molecule has 0 bridgehead atoms. The second kappa shape index (κ2) is 5.35. The van der Waals surface area contributed by atoms with Crippen molar-refractivity contribution in [3.05, 3.63) is 66.9 Å². The van der Waals surface area contributed by atoms with Crippen LogP contribution in [-0.4, -0.2) is 34.5 Å². The van der Waals surface area contributed by atoms with E-state index in [1.54, 1.807) is 51.9 Å². The third-order valence-corrected chi connectivity index (χ3v) is 4.19. The Morgan fingerprint density at radius 3 is 2.54 bits per heavy atom. The molecule has 126 valence electrons. The number of nitrogens with zero attached hydrogens (tertiary/aromatic N) is 6. The largest absolute Gasteiger partial charge is 0.507 e. The third kappa shape index (κ3) is 2.05. The minimum absolute atomic E-state index is 0.115. The van der Waals surface area contributed by atoms with E-state index < -0.39 is 0 Å². The number of phenols is 1. The zero-order chi connectivity index (χ0) is 17.7. The van der Waals surface area contributed by atoms with Crippen LogP contribution < -0.4 is 0 Å². The van der Waals surface area contributed by atoms with Gasteiger partial charge < -0.3 is 5.11 Å². The lowest BCUT2D eigenvalue weighted by Gasteiger charge is -2.04. The minimum atomic E-state index is -0.315. The lowest BCUT2D eigenvalue weighted by Crippen LogP contribution is -1.99. The number of benzene rings is 2. The maximum Gasteiger partial charge on any atom is 0.175 e. The van der Waals surface area contributed by atoms with E-state index in [1.807, 2.05) is 6.07 Å². The molecule has 7 nitrogen and oxygen atoms in total. The Hall–Kier alpha value is -3.81. The molecule has 0 spiro atoms. The van der Waals surface area contributed by atoms with Crippen LogP contribution in [0.15, 0.2) is 61.1 Å². The molecule has 0 saturated carbocycles. The number of fused-ring (bicyclic) bond motifs is 3. The fourth-order valence-corrected chi connectivity index (χ4v) is 2.94. The van der Waals surface area contributed by atoms with Gasteiger partial charge in [-0.05, 0) is 36.4 Å². The molecule has 26 heavy (non-hydrogen) atoms. The van der Waals surface area contributed by atoms with Gasteiger partial charge >= 0.3 is 0 Å². The standard InChI is InChI=1S/C18H11FN6O/c19-11-5-7-12(8-6-11)25-16-14(9-21-25)18-23-22-17(24(18)10-20-16)13-3-1-2-4-15(13)26/h1-10,26H. The molecule has 0 unspecified atom stereocenters. The molecule has 5 rings (SSSR count). The summed E-state index contributed by atoms with van der Waals surface area (Å²) in [7, 11) is 0. The maximum atomic E-state index is 13.2. The van der Waals surface area contributed by atoms with Crippen molar-refractivity contribution >= 4 is 16.7 Å². The minimum Gasteiger partial charge on any atom is -0.507 e. The Balaban J connectivity index is 1.73. The van der Waals surface area contributed by atoms with Gasteiger partial charge in [-0.1, -0.05) is 12.1 Å². The van der Waals surface area contributed by atoms with Crippen LogP contribution in [0.2, 0.25) is 0 Å². The Kier molecular flexibility index (Phi) is 2.99. The second-order valence-corrected chi connectivity index (χ2v) is 5.75. The molecule has 5 aromatic rings. The number of halogens is 1. The predicted molar refractivity (Wildman–Crippen MR) is 92.5 cm³/mol. The average Bonchev–Trinajstić information content (AvgIpc) is 3.26. The van der Waals surface area contributed by atoms with Crippen LogP contribution in [0.5, 0.6) is 5.75 Å². The molecule has 0 aliphatic rings. The van der Waals surface area contributed by atoms with E-state index >= 15 is 0 Å². The van der Waals surface area contributed by atoms with Gasteiger partial charge in [-0.15, -0.1) is 10.2 Å². The molecule has 0 amide bonds. The number of rotatable bonds is 2. The van der Waals surface area contributed by atoms with E-state index in [1.165, 1.54) is 12.1 Å². The van der Waals surface area contributed by atoms with E-state index in [2.05, 4.69) is 20.3 Å². The third-order valence-electron chi connectivity index (χ3n) is 4.19. The SMILES string of the molecule is Oc1ccccc1-c1nnc2c3cnn(-c4ccc(F)cc4)c3ncn12. The van der Waals surface area contributed by atoms with Crippen LogP contribution in [0.25, 0.3) is 33.8 Å². The Morgan fingerprint density at radius 2 is 1.73 bits per heavy atom. The van der Waals surface area contributed by atoms with Crippen molar-refractivity contribution in [2.45, 2.75) is 0 Å². The Labute approximate surface area is 146 Å². The lowest BCUT2D eigenvalue weighted by molar-refractivity contribution is 0.477. The number of aromatic hydroxyl groups is 1. The maximum absolute atomic E-state index is 13.2. The van der Waals surface area contributed by atoms with Crippen molar-refractivity contribution in [3.8, 4) is 22.8 Å². The van der Waals surface area contributed by atoms with Crippen LogP contribution in [0, 0.1) is 5.82 Å². The van der Waals surface area contributed by atoms with Gasteiger partial charge in [0, 0.05) is 0 Å². The summed E-state index contributed by atoms with van der Waals surface area (Å²) in [5.41, 5.74) is 2.41. The predicted octanol–water partition coefficient (Wildman–Crippen LogP) is 2.97. The first-order valence-electron chi connectivity index (χ1n) is 7.84. The average molecular weight is 346 g/mol. The lowest BCUT2D eigenvalue weighted by atomic mass is 10.2. The van der Waals surface area contributed by atoms with Gasteiger partial charge in [0.15, 0.2) is 17.1 Å². The molecule has 0 fully saturated rings. The zero-order valence-corrected chi connectivity index (χ0v) is 13.3. The van der Waals surface area contributed by atoms with Gasteiger partial charge in [0.2, 0.25) is 0 Å². The highest BCUT2D eigenvalue weighted by molar-refractivity contribution is 5.90. The molecule has 0 aliphatic heterocycles. The van der Waals surface area contributed by atoms with Crippen LogP contribution in [0.4, 0.5) is 4.39 Å². The number of para-hydroxylation sites is 1. The molecule has 1 N–H and O–H groups in total. The number of phenolic OH excluding ortho intramolecular Hbond substituents is 1. The van der Waals surface area contributed by atoms with E-state index in [0.717, 1.165) is 0 Å². The smallest absolute Gasteiger partial charge is 0.175 e. The van der Waals surface area contributed by atoms with Crippen LogP contribution >= 0.6 is 0 Å². The molecule has 0 saturated heterocycles. The van der Waals surface area contributed by atoms with Crippen LogP contribution in [0.1, 0.15) is 0 Å². The van der Waals surface area contributed by atoms with Gasteiger partial charge in [0.25, 0.3) is 0 Å². The summed E-state index contributed by atoms with van der Waals surface area (Å²) in [6.07, 6.45) is 3.23. The molecule has 3 heterocycles. The highest BCUT2D eigenvalue weighted by atomic mass is 19.1. The number of hydrogen-bond acceptors (Lipinski definition) is 5. The summed E-state index contributed by atoms with van der Waals surface area (Å²) in [6.45, 7) is 0. The molecule has 0 atom stereocenters. The summed E-state index contributed by atoms with van der Waals surface area (Å²) in [5, 5.41) is 23.6. The van der Waals surface area contributed by atoms with E-state index in [9.17, 15) is 9.50 Å². The van der Waals surface area contributed by atoms with E-state index in [0.29, 0.717) is 33.8 Å². The number of hydrogen-bond donors (Lipinski definition) is 1. The molecule has 3 aromatic heterocycles. The van der Waals surface area contributed by atoms with Crippen molar-refractivity contribution < 1.29 is 9.50 Å². The fraction of sp³-hybridized carbons (Fsp3) is 0. The van der Waals surface area contributed by atoms with Gasteiger partial charge in [-0.25, -0.2) is 14.1 Å². The van der Waals surface area contributed by atoms with Crippen molar-refractivity contribution in [1.82, 2.24) is 29.4 Å². The van der Waals surface area contributed by atoms with Gasteiger partial charge in [-0.2, -0.15) is 5.10 Å². The number of aromatic nitrogens is 6. The molecule has 8 heteroatoms. The summed E-state index contributed by atoms with van der Waals surface area (Å²) < 4.78 is 16.5. The Morgan fingerprint density at radius 1 is 0.923 bits per heavy atom. The topological polar surface area (TPSA) is 81.1 Å². The highest BCUT2D eigenvalue weighted by Crippen LogP contribution is 2.29. The van der Waals surface area contributed by atoms with E-state index in [4.69, 9.17) is 0 Å².